The number of allylic oxidation sites excluding steroid dienone is 2. The highest BCUT2D eigenvalue weighted by molar-refractivity contribution is 6.30. The third kappa shape index (κ3) is 5.68. The van der Waals surface area contributed by atoms with Gasteiger partial charge in [0, 0.05) is 35.1 Å². The monoisotopic (exact) mass is 532 g/mol. The summed E-state index contributed by atoms with van der Waals surface area (Å²) in [5.74, 6) is -0.786. The van der Waals surface area contributed by atoms with Crippen LogP contribution in [0.4, 0.5) is 15.8 Å². The molecular weight excluding hydrogens is 511 g/mol. The fourth-order valence-electron chi connectivity index (χ4n) is 4.05. The molecule has 0 radical (unpaired) electrons. The number of aromatic nitrogens is 6. The van der Waals surface area contributed by atoms with Crippen LogP contribution in [0.25, 0.3) is 23.0 Å². The Kier molecular flexibility index (Phi) is 7.36. The number of halogens is 2. The number of anilines is 2. The lowest BCUT2D eigenvalue weighted by molar-refractivity contribution is -0.116. The van der Waals surface area contributed by atoms with E-state index in [9.17, 15) is 9.59 Å². The Hall–Kier alpha value is -4.64. The molecule has 5 rings (SSSR count). The van der Waals surface area contributed by atoms with Gasteiger partial charge in [-0.1, -0.05) is 23.8 Å². The number of nitrogens with zero attached hydrogens (tertiary/aromatic N) is 5. The number of benzene rings is 2. The van der Waals surface area contributed by atoms with Crippen LogP contribution in [0.5, 0.6) is 0 Å². The van der Waals surface area contributed by atoms with Gasteiger partial charge in [0.15, 0.2) is 0 Å². The van der Waals surface area contributed by atoms with Crippen molar-refractivity contribution in [1.29, 1.82) is 0 Å². The smallest absolute Gasteiger partial charge is 0.248 e. The maximum atomic E-state index is 15.2. The first-order valence-corrected chi connectivity index (χ1v) is 12.2. The second-order valence-corrected chi connectivity index (χ2v) is 8.90. The largest absolute Gasteiger partial charge is 0.342 e. The van der Waals surface area contributed by atoms with Crippen molar-refractivity contribution in [3.63, 3.8) is 0 Å². The van der Waals surface area contributed by atoms with Crippen LogP contribution in [0.3, 0.4) is 0 Å². The van der Waals surface area contributed by atoms with Crippen LogP contribution in [0.2, 0.25) is 5.02 Å². The zero-order valence-corrected chi connectivity index (χ0v) is 20.7. The van der Waals surface area contributed by atoms with Crippen LogP contribution in [-0.2, 0) is 16.0 Å². The Morgan fingerprint density at radius 2 is 2.00 bits per heavy atom. The Morgan fingerprint density at radius 1 is 1.16 bits per heavy atom. The first kappa shape index (κ1) is 25.0. The van der Waals surface area contributed by atoms with Gasteiger partial charge >= 0.3 is 0 Å². The quantitative estimate of drug-likeness (QED) is 0.257. The average Bonchev–Trinajstić information content (AvgIpc) is 3.59. The van der Waals surface area contributed by atoms with E-state index in [-0.39, 0.29) is 18.0 Å². The third-order valence-electron chi connectivity index (χ3n) is 5.83. The number of amides is 2. The van der Waals surface area contributed by atoms with Crippen molar-refractivity contribution < 1.29 is 14.0 Å². The fourth-order valence-corrected chi connectivity index (χ4v) is 4.23. The van der Waals surface area contributed by atoms with Gasteiger partial charge in [-0.25, -0.2) is 9.37 Å². The molecule has 0 saturated carbocycles. The number of imidazole rings is 1. The van der Waals surface area contributed by atoms with E-state index < -0.39 is 11.7 Å². The Labute approximate surface area is 221 Å². The topological polar surface area (TPSA) is 130 Å². The lowest BCUT2D eigenvalue weighted by Crippen LogP contribution is -2.15. The molecule has 38 heavy (non-hydrogen) atoms. The summed E-state index contributed by atoms with van der Waals surface area (Å²) in [5, 5.41) is 17.0. The van der Waals surface area contributed by atoms with E-state index in [1.54, 1.807) is 24.4 Å². The molecule has 0 atom stereocenters. The molecule has 3 N–H and O–H groups in total. The van der Waals surface area contributed by atoms with E-state index in [1.807, 2.05) is 12.2 Å². The summed E-state index contributed by atoms with van der Waals surface area (Å²) >= 11 is 6.15. The van der Waals surface area contributed by atoms with E-state index >= 15 is 4.39 Å². The van der Waals surface area contributed by atoms with Crippen LogP contribution in [0.1, 0.15) is 30.7 Å². The lowest BCUT2D eigenvalue weighted by Gasteiger charge is -2.16. The second kappa shape index (κ2) is 11.2. The molecule has 1 aliphatic rings. The number of H-pyrrole nitrogens is 1. The first-order chi connectivity index (χ1) is 18.5. The average molecular weight is 533 g/mol. The van der Waals surface area contributed by atoms with Crippen LogP contribution in [-0.4, -0.2) is 42.0 Å². The predicted molar refractivity (Wildman–Crippen MR) is 141 cm³/mol. The number of aromatic amines is 1. The summed E-state index contributed by atoms with van der Waals surface area (Å²) < 4.78 is 16.6. The van der Waals surface area contributed by atoms with Gasteiger partial charge in [0.05, 0.1) is 29.0 Å². The number of hydrogen-bond donors (Lipinski definition) is 3. The minimum absolute atomic E-state index is 0.0903. The number of carbonyl (C=O) groups is 2. The molecule has 192 valence electrons. The van der Waals surface area contributed by atoms with E-state index in [4.69, 9.17) is 11.6 Å². The Balaban J connectivity index is 1.48. The standard InChI is InChI=1S/C26H22ClFN8O2/c27-17-8-11-21(36-15-30-34-35-36)16(13-17)7-12-24(38)33-26-18(28)9-10-19-25(26)20-14-29-22(31-20)5-3-1-2-4-6-23(37)32-19/h1-2,7-15H,3-6H2,(H,29,31)(H,32,37)(H,33,38). The summed E-state index contributed by atoms with van der Waals surface area (Å²) in [7, 11) is 0. The molecule has 1 aliphatic heterocycles. The first-order valence-electron chi connectivity index (χ1n) is 11.8. The molecule has 0 saturated heterocycles. The molecule has 10 nitrogen and oxygen atoms in total. The molecule has 0 aliphatic carbocycles. The van der Waals surface area contributed by atoms with Crippen molar-refractivity contribution in [2.45, 2.75) is 25.7 Å². The normalized spacial score (nSPS) is 13.8. The van der Waals surface area contributed by atoms with Gasteiger partial charge in [-0.15, -0.1) is 5.10 Å². The maximum Gasteiger partial charge on any atom is 0.248 e. The molecule has 0 spiro atoms. The van der Waals surface area contributed by atoms with Crippen molar-refractivity contribution in [2.75, 3.05) is 10.6 Å². The number of nitrogens with one attached hydrogen (secondary N) is 3. The number of aryl methyl sites for hydroxylation is 1. The summed E-state index contributed by atoms with van der Waals surface area (Å²) in [6, 6.07) is 7.70. The SMILES string of the molecule is O=C(C=Cc1cc(Cl)ccc1-n1cnnn1)Nc1c(F)ccc2c1-c1cnc([nH]1)CCC=CCCC(=O)N2. The van der Waals surface area contributed by atoms with E-state index in [0.29, 0.717) is 51.9 Å². The zero-order chi connectivity index (χ0) is 26.5. The van der Waals surface area contributed by atoms with Crippen molar-refractivity contribution in [1.82, 2.24) is 30.2 Å². The van der Waals surface area contributed by atoms with Crippen molar-refractivity contribution in [2.24, 2.45) is 0 Å². The number of tetrazole rings is 1. The molecule has 4 aromatic rings. The van der Waals surface area contributed by atoms with E-state index in [0.717, 1.165) is 6.42 Å². The van der Waals surface area contributed by atoms with E-state index in [2.05, 4.69) is 36.1 Å². The summed E-state index contributed by atoms with van der Waals surface area (Å²) in [4.78, 5) is 33.1. The molecule has 0 unspecified atom stereocenters. The van der Waals surface area contributed by atoms with Gasteiger partial charge in [-0.05, 0) is 59.7 Å². The van der Waals surface area contributed by atoms with Gasteiger partial charge < -0.3 is 15.6 Å². The Morgan fingerprint density at radius 3 is 2.82 bits per heavy atom. The summed E-state index contributed by atoms with van der Waals surface area (Å²) in [6.45, 7) is 0. The van der Waals surface area contributed by atoms with Crippen LogP contribution < -0.4 is 10.6 Å². The highest BCUT2D eigenvalue weighted by Crippen LogP contribution is 2.37. The van der Waals surface area contributed by atoms with Crippen molar-refractivity contribution >= 4 is 40.9 Å². The van der Waals surface area contributed by atoms with Crippen molar-refractivity contribution in [3.05, 3.63) is 83.3 Å². The van der Waals surface area contributed by atoms with E-state index in [1.165, 1.54) is 35.3 Å². The zero-order valence-electron chi connectivity index (χ0n) is 20.0. The fraction of sp³-hybridized carbons (Fsp3) is 0.154. The van der Waals surface area contributed by atoms with Crippen molar-refractivity contribution in [3.8, 4) is 16.9 Å². The number of carbonyl (C=O) groups excluding carboxylic acids is 2. The third-order valence-corrected chi connectivity index (χ3v) is 6.06. The minimum atomic E-state index is -0.668. The van der Waals surface area contributed by atoms with Crippen LogP contribution in [0, 0.1) is 5.82 Å². The molecule has 2 aromatic heterocycles. The number of hydrogen-bond acceptors (Lipinski definition) is 6. The maximum absolute atomic E-state index is 15.2. The number of rotatable bonds is 4. The molecule has 3 heterocycles. The van der Waals surface area contributed by atoms with Gasteiger partial charge in [-0.3, -0.25) is 9.59 Å². The predicted octanol–water partition coefficient (Wildman–Crippen LogP) is 4.72. The van der Waals surface area contributed by atoms with Gasteiger partial charge in [0.1, 0.15) is 18.0 Å². The minimum Gasteiger partial charge on any atom is -0.342 e. The summed E-state index contributed by atoms with van der Waals surface area (Å²) in [5.41, 5.74) is 2.18. The van der Waals surface area contributed by atoms with Crippen LogP contribution in [0.15, 0.2) is 61.1 Å². The highest BCUT2D eigenvalue weighted by atomic mass is 35.5. The molecule has 2 bridgehead atoms. The van der Waals surface area contributed by atoms with Gasteiger partial charge in [0.2, 0.25) is 11.8 Å². The van der Waals surface area contributed by atoms with Gasteiger partial charge in [-0.2, -0.15) is 4.68 Å². The molecule has 2 amide bonds. The highest BCUT2D eigenvalue weighted by Gasteiger charge is 2.20. The number of fused-ring (bicyclic) bond motifs is 4. The van der Waals surface area contributed by atoms with Crippen LogP contribution >= 0.6 is 11.6 Å². The second-order valence-electron chi connectivity index (χ2n) is 8.47. The molecule has 2 aromatic carbocycles. The molecule has 12 heteroatoms. The van der Waals surface area contributed by atoms with Gasteiger partial charge in [0.25, 0.3) is 0 Å². The summed E-state index contributed by atoms with van der Waals surface area (Å²) in [6.07, 6.45) is 12.0. The molecular formula is C26H22ClFN8O2. The Bertz CT molecular complexity index is 1540. The molecule has 0 fully saturated rings. The lowest BCUT2D eigenvalue weighted by atomic mass is 10.1.